The first-order valence-corrected chi connectivity index (χ1v) is 6.36. The normalized spacial score (nSPS) is 10.7. The van der Waals surface area contributed by atoms with Gasteiger partial charge in [-0.2, -0.15) is 0 Å². The van der Waals surface area contributed by atoms with Crippen molar-refractivity contribution in [2.75, 3.05) is 6.54 Å². The third-order valence-electron chi connectivity index (χ3n) is 2.85. The summed E-state index contributed by atoms with van der Waals surface area (Å²) in [5, 5.41) is 2.07. The van der Waals surface area contributed by atoms with Crippen LogP contribution in [0.3, 0.4) is 0 Å². The van der Waals surface area contributed by atoms with E-state index in [4.69, 9.17) is 5.73 Å². The van der Waals surface area contributed by atoms with Crippen molar-refractivity contribution in [1.29, 1.82) is 0 Å². The Balaban J connectivity index is 2.50. The molecule has 3 amide bonds. The number of amides is 3. The zero-order valence-electron chi connectivity index (χ0n) is 11.4. The Morgan fingerprint density at radius 1 is 1.26 bits per heavy atom. The van der Waals surface area contributed by atoms with Gasteiger partial charge in [0.05, 0.1) is 0 Å². The van der Waals surface area contributed by atoms with Crippen LogP contribution in [0.1, 0.15) is 25.8 Å². The third kappa shape index (κ3) is 6.01. The second-order valence-corrected chi connectivity index (χ2v) is 4.71. The Morgan fingerprint density at radius 3 is 2.42 bits per heavy atom. The first-order valence-electron chi connectivity index (χ1n) is 6.36. The fourth-order valence-electron chi connectivity index (χ4n) is 1.78. The number of nitrogens with one attached hydrogen (secondary N) is 1. The molecule has 0 spiro atoms. The van der Waals surface area contributed by atoms with Crippen molar-refractivity contribution in [3.63, 3.8) is 0 Å². The van der Waals surface area contributed by atoms with Crippen LogP contribution in [0.2, 0.25) is 0 Å². The molecule has 0 heterocycles. The van der Waals surface area contributed by atoms with Crippen LogP contribution < -0.4 is 11.1 Å². The number of rotatable bonds is 6. The second kappa shape index (κ2) is 7.53. The number of nitrogens with two attached hydrogens (primary N) is 1. The minimum absolute atomic E-state index is 0.258. The third-order valence-corrected chi connectivity index (χ3v) is 2.85. The Morgan fingerprint density at radius 2 is 1.89 bits per heavy atom. The van der Waals surface area contributed by atoms with Gasteiger partial charge in [-0.25, -0.2) is 4.79 Å². The molecule has 1 aromatic rings. The van der Waals surface area contributed by atoms with Crippen molar-refractivity contribution in [2.45, 2.75) is 32.9 Å². The largest absolute Gasteiger partial charge is 0.351 e. The lowest BCUT2D eigenvalue weighted by Crippen LogP contribution is -2.38. The highest BCUT2D eigenvalue weighted by atomic mass is 16.2. The van der Waals surface area contributed by atoms with Crippen molar-refractivity contribution in [3.05, 3.63) is 35.9 Å². The number of carbonyl (C=O) groups excluding carboxylic acids is 2. The molecule has 0 aliphatic carbocycles. The Hall–Kier alpha value is -1.88. The molecule has 104 valence electrons. The number of hydrogen-bond acceptors (Lipinski definition) is 3. The van der Waals surface area contributed by atoms with Gasteiger partial charge in [0, 0.05) is 25.6 Å². The van der Waals surface area contributed by atoms with Gasteiger partial charge in [-0.05, 0) is 19.4 Å². The SMILES string of the molecule is CC(C)N(CCC(=O)NC(N)=O)Cc1ccccc1. The van der Waals surface area contributed by atoms with E-state index in [0.717, 1.165) is 6.54 Å². The van der Waals surface area contributed by atoms with Crippen molar-refractivity contribution in [3.8, 4) is 0 Å². The van der Waals surface area contributed by atoms with E-state index in [1.54, 1.807) is 0 Å². The summed E-state index contributed by atoms with van der Waals surface area (Å²) in [7, 11) is 0. The molecule has 0 aliphatic rings. The van der Waals surface area contributed by atoms with Gasteiger partial charge in [-0.15, -0.1) is 0 Å². The lowest BCUT2D eigenvalue weighted by atomic mass is 10.2. The highest BCUT2D eigenvalue weighted by Crippen LogP contribution is 2.08. The van der Waals surface area contributed by atoms with Gasteiger partial charge in [-0.1, -0.05) is 30.3 Å². The summed E-state index contributed by atoms with van der Waals surface area (Å²) in [6, 6.07) is 9.59. The van der Waals surface area contributed by atoms with Crippen LogP contribution in [-0.2, 0) is 11.3 Å². The molecule has 0 saturated heterocycles. The van der Waals surface area contributed by atoms with Crippen molar-refractivity contribution in [2.24, 2.45) is 5.73 Å². The molecule has 1 rings (SSSR count). The number of carbonyl (C=O) groups is 2. The number of imide groups is 1. The topological polar surface area (TPSA) is 75.4 Å². The average molecular weight is 263 g/mol. The predicted octanol–water partition coefficient (Wildman–Crippen LogP) is 1.48. The van der Waals surface area contributed by atoms with E-state index in [-0.39, 0.29) is 12.3 Å². The van der Waals surface area contributed by atoms with Crippen LogP contribution in [0.15, 0.2) is 30.3 Å². The van der Waals surface area contributed by atoms with Gasteiger partial charge < -0.3 is 5.73 Å². The maximum Gasteiger partial charge on any atom is 0.318 e. The van der Waals surface area contributed by atoms with E-state index in [2.05, 4.69) is 36.2 Å². The molecule has 0 atom stereocenters. The fraction of sp³-hybridized carbons (Fsp3) is 0.429. The number of nitrogens with zero attached hydrogens (tertiary/aromatic N) is 1. The first-order chi connectivity index (χ1) is 8.99. The first kappa shape index (κ1) is 15.2. The van der Waals surface area contributed by atoms with E-state index in [0.29, 0.717) is 12.6 Å². The number of hydrogen-bond donors (Lipinski definition) is 2. The van der Waals surface area contributed by atoms with Crippen LogP contribution in [0.25, 0.3) is 0 Å². The molecule has 0 bridgehead atoms. The number of urea groups is 1. The molecular weight excluding hydrogens is 242 g/mol. The van der Waals surface area contributed by atoms with Crippen LogP contribution in [0.5, 0.6) is 0 Å². The summed E-state index contributed by atoms with van der Waals surface area (Å²) in [6.45, 7) is 5.53. The van der Waals surface area contributed by atoms with Gasteiger partial charge in [0.25, 0.3) is 0 Å². The number of benzene rings is 1. The van der Waals surface area contributed by atoms with Crippen molar-refractivity contribution < 1.29 is 9.59 Å². The van der Waals surface area contributed by atoms with E-state index >= 15 is 0 Å². The standard InChI is InChI=1S/C14H21N3O2/c1-11(2)17(9-8-13(18)16-14(15)19)10-12-6-4-3-5-7-12/h3-7,11H,8-10H2,1-2H3,(H3,15,16,18,19). The molecule has 19 heavy (non-hydrogen) atoms. The van der Waals surface area contributed by atoms with Gasteiger partial charge in [-0.3, -0.25) is 15.0 Å². The lowest BCUT2D eigenvalue weighted by molar-refractivity contribution is -0.120. The highest BCUT2D eigenvalue weighted by Gasteiger charge is 2.12. The molecule has 0 unspecified atom stereocenters. The molecule has 0 fully saturated rings. The quantitative estimate of drug-likeness (QED) is 0.816. The van der Waals surface area contributed by atoms with Gasteiger partial charge >= 0.3 is 6.03 Å². The minimum Gasteiger partial charge on any atom is -0.351 e. The van der Waals surface area contributed by atoms with Gasteiger partial charge in [0.15, 0.2) is 0 Å². The Kier molecular flexibility index (Phi) is 6.02. The van der Waals surface area contributed by atoms with Crippen LogP contribution >= 0.6 is 0 Å². The van der Waals surface area contributed by atoms with Crippen molar-refractivity contribution >= 4 is 11.9 Å². The molecule has 5 nitrogen and oxygen atoms in total. The lowest BCUT2D eigenvalue weighted by Gasteiger charge is -2.26. The average Bonchev–Trinajstić information content (AvgIpc) is 2.34. The van der Waals surface area contributed by atoms with Crippen LogP contribution in [-0.4, -0.2) is 29.4 Å². The van der Waals surface area contributed by atoms with E-state index in [1.165, 1.54) is 5.56 Å². The summed E-state index contributed by atoms with van der Waals surface area (Å²) in [4.78, 5) is 24.1. The smallest absolute Gasteiger partial charge is 0.318 e. The molecule has 0 aliphatic heterocycles. The summed E-state index contributed by atoms with van der Waals surface area (Å²) < 4.78 is 0. The maximum absolute atomic E-state index is 11.4. The van der Waals surface area contributed by atoms with Gasteiger partial charge in [0.1, 0.15) is 0 Å². The van der Waals surface area contributed by atoms with E-state index in [1.807, 2.05) is 18.2 Å². The molecular formula is C14H21N3O2. The predicted molar refractivity (Wildman–Crippen MR) is 74.3 cm³/mol. The minimum atomic E-state index is -0.802. The summed E-state index contributed by atoms with van der Waals surface area (Å²) >= 11 is 0. The van der Waals surface area contributed by atoms with Crippen LogP contribution in [0, 0.1) is 0 Å². The zero-order chi connectivity index (χ0) is 14.3. The van der Waals surface area contributed by atoms with Crippen molar-refractivity contribution in [1.82, 2.24) is 10.2 Å². The molecule has 5 heteroatoms. The Labute approximate surface area is 113 Å². The monoisotopic (exact) mass is 263 g/mol. The Bertz CT molecular complexity index is 418. The number of primary amides is 1. The van der Waals surface area contributed by atoms with E-state index < -0.39 is 6.03 Å². The molecule has 0 aromatic heterocycles. The van der Waals surface area contributed by atoms with Crippen LogP contribution in [0.4, 0.5) is 4.79 Å². The summed E-state index contributed by atoms with van der Waals surface area (Å²) in [5.74, 6) is -0.341. The second-order valence-electron chi connectivity index (χ2n) is 4.71. The summed E-state index contributed by atoms with van der Waals surface area (Å²) in [6.07, 6.45) is 0.258. The molecule has 0 radical (unpaired) electrons. The molecule has 0 saturated carbocycles. The van der Waals surface area contributed by atoms with Gasteiger partial charge in [0.2, 0.25) is 5.91 Å². The zero-order valence-corrected chi connectivity index (χ0v) is 11.4. The summed E-state index contributed by atoms with van der Waals surface area (Å²) in [5.41, 5.74) is 6.10. The molecule has 3 N–H and O–H groups in total. The van der Waals surface area contributed by atoms with E-state index in [9.17, 15) is 9.59 Å². The molecule has 1 aromatic carbocycles. The highest BCUT2D eigenvalue weighted by molar-refractivity contribution is 5.93. The maximum atomic E-state index is 11.4. The fourth-order valence-corrected chi connectivity index (χ4v) is 1.78.